The van der Waals surface area contributed by atoms with Gasteiger partial charge in [0.1, 0.15) is 11.4 Å². The molecule has 1 unspecified atom stereocenters. The molecule has 0 N–H and O–H groups in total. The highest BCUT2D eigenvalue weighted by atomic mass is 19.1. The van der Waals surface area contributed by atoms with Crippen molar-refractivity contribution in [3.05, 3.63) is 111 Å². The van der Waals surface area contributed by atoms with Gasteiger partial charge < -0.3 is 9.64 Å². The fourth-order valence-electron chi connectivity index (χ4n) is 4.75. The van der Waals surface area contributed by atoms with Crippen LogP contribution in [0, 0.1) is 15.9 Å². The average molecular weight is 520 g/mol. The smallest absolute Gasteiger partial charge is 0.410 e. The van der Waals surface area contributed by atoms with E-state index >= 15 is 0 Å². The summed E-state index contributed by atoms with van der Waals surface area (Å²) >= 11 is 0. The summed E-state index contributed by atoms with van der Waals surface area (Å²) in [6, 6.07) is 21.5. The number of halogens is 1. The molecule has 0 spiro atoms. The number of benzene rings is 3. The molecule has 0 saturated heterocycles. The number of ether oxygens (including phenoxy) is 1. The van der Waals surface area contributed by atoms with Gasteiger partial charge in [-0.05, 0) is 68.0 Å². The van der Waals surface area contributed by atoms with Crippen molar-refractivity contribution >= 4 is 11.8 Å². The van der Waals surface area contributed by atoms with Crippen molar-refractivity contribution in [3.63, 3.8) is 0 Å². The third-order valence-electron chi connectivity index (χ3n) is 6.68. The molecule has 7 nitrogen and oxygen atoms in total. The van der Waals surface area contributed by atoms with Crippen molar-refractivity contribution in [2.24, 2.45) is 0 Å². The van der Waals surface area contributed by atoms with Gasteiger partial charge >= 0.3 is 6.09 Å². The highest BCUT2D eigenvalue weighted by Gasteiger charge is 2.28. The first-order valence-electron chi connectivity index (χ1n) is 12.8. The number of nitrogens with zero attached hydrogens (tertiary/aromatic N) is 3. The van der Waals surface area contributed by atoms with Gasteiger partial charge in [-0.25, -0.2) is 9.18 Å². The Balaban J connectivity index is 1.52. The zero-order valence-electron chi connectivity index (χ0n) is 22.1. The van der Waals surface area contributed by atoms with Gasteiger partial charge in [-0.15, -0.1) is 0 Å². The Bertz CT molecular complexity index is 1260. The molecule has 4 rings (SSSR count). The maximum absolute atomic E-state index is 13.5. The summed E-state index contributed by atoms with van der Waals surface area (Å²) in [5.41, 5.74) is 3.78. The lowest BCUT2D eigenvalue weighted by molar-refractivity contribution is -0.384. The SMILES string of the molecule is CC(C)(C)OC(=O)N(CCN1Cc2ccccc2CC1Cc1ccc(F)cc1)Cc1ccc([N+](=O)[O-])cc1. The lowest BCUT2D eigenvalue weighted by Gasteiger charge is -2.38. The van der Waals surface area contributed by atoms with Gasteiger partial charge in [0.2, 0.25) is 0 Å². The van der Waals surface area contributed by atoms with Gasteiger partial charge in [0.15, 0.2) is 0 Å². The second-order valence-corrected chi connectivity index (χ2v) is 10.8. The van der Waals surface area contributed by atoms with Crippen LogP contribution in [0.25, 0.3) is 0 Å². The van der Waals surface area contributed by atoms with Crippen LogP contribution in [0.15, 0.2) is 72.8 Å². The number of carbonyl (C=O) groups is 1. The minimum absolute atomic E-state index is 0.00758. The van der Waals surface area contributed by atoms with E-state index in [0.29, 0.717) is 13.1 Å². The van der Waals surface area contributed by atoms with E-state index in [2.05, 4.69) is 23.1 Å². The highest BCUT2D eigenvalue weighted by molar-refractivity contribution is 5.68. The van der Waals surface area contributed by atoms with Crippen molar-refractivity contribution < 1.29 is 18.8 Å². The molecule has 8 heteroatoms. The Morgan fingerprint density at radius 3 is 2.29 bits per heavy atom. The molecule has 200 valence electrons. The molecule has 1 aliphatic rings. The van der Waals surface area contributed by atoms with E-state index in [-0.39, 0.29) is 24.1 Å². The quantitative estimate of drug-likeness (QED) is 0.264. The molecular weight excluding hydrogens is 485 g/mol. The maximum Gasteiger partial charge on any atom is 0.410 e. The fraction of sp³-hybridized carbons (Fsp3) is 0.367. The van der Waals surface area contributed by atoms with Crippen LogP contribution in [0.4, 0.5) is 14.9 Å². The van der Waals surface area contributed by atoms with Crippen LogP contribution in [0.2, 0.25) is 0 Å². The van der Waals surface area contributed by atoms with E-state index in [0.717, 1.165) is 30.5 Å². The standard InChI is InChI=1S/C30H34FN3O4/c1-30(2,3)38-29(35)33(20-23-10-14-27(15-11-23)34(36)37)17-16-32-21-25-7-5-4-6-24(25)19-28(32)18-22-8-12-26(31)13-9-22/h4-15,28H,16-21H2,1-3H3. The van der Waals surface area contributed by atoms with Crippen molar-refractivity contribution in [2.75, 3.05) is 13.1 Å². The summed E-state index contributed by atoms with van der Waals surface area (Å²) < 4.78 is 19.2. The number of nitro groups is 1. The molecule has 38 heavy (non-hydrogen) atoms. The molecule has 1 heterocycles. The van der Waals surface area contributed by atoms with E-state index in [1.54, 1.807) is 17.0 Å². The number of non-ortho nitro benzene ring substituents is 1. The zero-order chi connectivity index (χ0) is 27.3. The van der Waals surface area contributed by atoms with Crippen LogP contribution >= 0.6 is 0 Å². The third kappa shape index (κ3) is 7.38. The molecule has 0 bridgehead atoms. The van der Waals surface area contributed by atoms with Crippen molar-refractivity contribution in [2.45, 2.75) is 58.3 Å². The Morgan fingerprint density at radius 2 is 1.66 bits per heavy atom. The van der Waals surface area contributed by atoms with Gasteiger partial charge in [-0.1, -0.05) is 48.5 Å². The molecule has 0 radical (unpaired) electrons. The first kappa shape index (κ1) is 27.3. The van der Waals surface area contributed by atoms with Crippen LogP contribution in [0.1, 0.15) is 43.0 Å². The van der Waals surface area contributed by atoms with Crippen LogP contribution in [-0.4, -0.2) is 45.5 Å². The normalized spacial score (nSPS) is 15.5. The first-order valence-corrected chi connectivity index (χ1v) is 12.8. The Labute approximate surface area is 223 Å². The summed E-state index contributed by atoms with van der Waals surface area (Å²) in [6.45, 7) is 7.56. The summed E-state index contributed by atoms with van der Waals surface area (Å²) in [5.74, 6) is -0.251. The zero-order valence-corrected chi connectivity index (χ0v) is 22.1. The van der Waals surface area contributed by atoms with Crippen molar-refractivity contribution in [1.29, 1.82) is 0 Å². The number of fused-ring (bicyclic) bond motifs is 1. The van der Waals surface area contributed by atoms with E-state index in [4.69, 9.17) is 4.74 Å². The number of nitro benzene ring substituents is 1. The molecule has 1 amide bonds. The lowest BCUT2D eigenvalue weighted by atomic mass is 9.90. The molecular formula is C30H34FN3O4. The second-order valence-electron chi connectivity index (χ2n) is 10.8. The Morgan fingerprint density at radius 1 is 1.03 bits per heavy atom. The highest BCUT2D eigenvalue weighted by Crippen LogP contribution is 2.26. The predicted molar refractivity (Wildman–Crippen MR) is 144 cm³/mol. The van der Waals surface area contributed by atoms with Gasteiger partial charge in [0.05, 0.1) is 4.92 Å². The number of rotatable bonds is 8. The molecule has 3 aromatic rings. The number of hydrogen-bond acceptors (Lipinski definition) is 5. The Hall–Kier alpha value is -3.78. The molecule has 0 fully saturated rings. The van der Waals surface area contributed by atoms with Crippen molar-refractivity contribution in [3.8, 4) is 0 Å². The predicted octanol–water partition coefficient (Wildman–Crippen LogP) is 6.14. The third-order valence-corrected chi connectivity index (χ3v) is 6.68. The van der Waals surface area contributed by atoms with E-state index in [1.807, 2.05) is 39.0 Å². The second kappa shape index (κ2) is 11.7. The molecule has 1 atom stereocenters. The number of carbonyl (C=O) groups excluding carboxylic acids is 1. The van der Waals surface area contributed by atoms with Gasteiger partial charge in [-0.2, -0.15) is 0 Å². The maximum atomic E-state index is 13.5. The molecule has 0 aliphatic carbocycles. The van der Waals surface area contributed by atoms with E-state index in [1.165, 1.54) is 35.4 Å². The van der Waals surface area contributed by atoms with Crippen molar-refractivity contribution in [1.82, 2.24) is 9.80 Å². The van der Waals surface area contributed by atoms with Crippen LogP contribution < -0.4 is 0 Å². The summed E-state index contributed by atoms with van der Waals surface area (Å²) in [6.07, 6.45) is 1.20. The molecule has 0 saturated carbocycles. The van der Waals surface area contributed by atoms with E-state index in [9.17, 15) is 19.3 Å². The largest absolute Gasteiger partial charge is 0.444 e. The Kier molecular flexibility index (Phi) is 8.42. The average Bonchev–Trinajstić information content (AvgIpc) is 2.87. The van der Waals surface area contributed by atoms with Crippen LogP contribution in [-0.2, 0) is 30.7 Å². The summed E-state index contributed by atoms with van der Waals surface area (Å²) in [5, 5.41) is 11.0. The van der Waals surface area contributed by atoms with Crippen LogP contribution in [0.3, 0.4) is 0 Å². The number of hydrogen-bond donors (Lipinski definition) is 0. The minimum atomic E-state index is -0.653. The van der Waals surface area contributed by atoms with Crippen LogP contribution in [0.5, 0.6) is 0 Å². The summed E-state index contributed by atoms with van der Waals surface area (Å²) in [4.78, 5) is 27.8. The van der Waals surface area contributed by atoms with Gasteiger partial charge in [0.25, 0.3) is 5.69 Å². The monoisotopic (exact) mass is 519 g/mol. The molecule has 3 aromatic carbocycles. The summed E-state index contributed by atoms with van der Waals surface area (Å²) in [7, 11) is 0. The lowest BCUT2D eigenvalue weighted by Crippen LogP contribution is -2.47. The fourth-order valence-corrected chi connectivity index (χ4v) is 4.75. The van der Waals surface area contributed by atoms with E-state index < -0.39 is 16.6 Å². The molecule has 1 aliphatic heterocycles. The molecule has 0 aromatic heterocycles. The van der Waals surface area contributed by atoms with Gasteiger partial charge in [0, 0.05) is 44.4 Å². The number of amides is 1. The first-order chi connectivity index (χ1) is 18.1. The minimum Gasteiger partial charge on any atom is -0.444 e. The topological polar surface area (TPSA) is 75.9 Å². The van der Waals surface area contributed by atoms with Gasteiger partial charge in [-0.3, -0.25) is 15.0 Å².